The average Bonchev–Trinajstić information content (AvgIpc) is 3.53. The number of likely N-dealkylation sites (tertiary alicyclic amines) is 1. The van der Waals surface area contributed by atoms with Gasteiger partial charge < -0.3 is 45.1 Å². The van der Waals surface area contributed by atoms with Gasteiger partial charge in [0, 0.05) is 60.2 Å². The van der Waals surface area contributed by atoms with Crippen LogP contribution in [0.15, 0.2) is 72.8 Å². The summed E-state index contributed by atoms with van der Waals surface area (Å²) in [6, 6.07) is 16.6. The van der Waals surface area contributed by atoms with Gasteiger partial charge in [-0.25, -0.2) is 4.79 Å². The SMILES string of the molecule is O=C(NCC1CCCCN1CCCNc1nc(Cl)nc(Nc2ccc3c(c2)C(=O)OC32c3ccc(O)cc3Oc3cc(O)ccc32)n1)c1cc(OCC(F)(F)F)ccc1OCC(F)(F)F. The maximum Gasteiger partial charge on any atom is 0.422 e. The van der Waals surface area contributed by atoms with Crippen LogP contribution in [-0.4, -0.2) is 99.7 Å². The monoisotopic (exact) mass is 929 g/mol. The second-order valence-corrected chi connectivity index (χ2v) is 15.7. The Morgan fingerprint density at radius 3 is 2.23 bits per heavy atom. The predicted octanol–water partition coefficient (Wildman–Crippen LogP) is 8.22. The van der Waals surface area contributed by atoms with Crippen LogP contribution in [0.5, 0.6) is 34.5 Å². The predicted molar refractivity (Wildman–Crippen MR) is 220 cm³/mol. The third-order valence-electron chi connectivity index (χ3n) is 10.8. The number of carbonyl (C=O) groups excluding carboxylic acids is 2. The number of phenolic OH excluding ortho intramolecular Hbond substituents is 2. The molecule has 3 aliphatic heterocycles. The van der Waals surface area contributed by atoms with E-state index in [0.717, 1.165) is 31.0 Å². The van der Waals surface area contributed by atoms with Gasteiger partial charge in [-0.3, -0.25) is 9.69 Å². The molecule has 1 saturated heterocycles. The van der Waals surface area contributed by atoms with E-state index in [0.29, 0.717) is 54.9 Å². The zero-order chi connectivity index (χ0) is 46.1. The van der Waals surface area contributed by atoms with Crippen LogP contribution in [0.2, 0.25) is 5.28 Å². The van der Waals surface area contributed by atoms with E-state index < -0.39 is 54.4 Å². The van der Waals surface area contributed by atoms with Gasteiger partial charge in [-0.1, -0.05) is 12.5 Å². The summed E-state index contributed by atoms with van der Waals surface area (Å²) >= 11 is 6.28. The molecule has 8 rings (SSSR count). The first-order valence-corrected chi connectivity index (χ1v) is 20.5. The largest absolute Gasteiger partial charge is 0.508 e. The number of piperidine rings is 1. The van der Waals surface area contributed by atoms with Crippen molar-refractivity contribution < 1.29 is 65.1 Å². The van der Waals surface area contributed by atoms with Gasteiger partial charge >= 0.3 is 18.3 Å². The molecule has 5 N–H and O–H groups in total. The number of anilines is 3. The standard InChI is InChI=1S/C43H38ClF6N7O8/c44-38-54-39(51-13-3-15-57-14-2-1-4-24(57)20-52-36(60)29-19-27(62-21-41(45,46)47)8-12-33(29)63-22-42(48,49)50)56-40(55-38)53-23-5-9-30-28(16-23)37(61)65-43(30)31-10-6-25(58)17-34(31)64-35-18-26(59)7-11-32(35)43/h5-12,16-19,24,58-59H,1-4,13-15,20-22H2,(H,52,60)(H2,51,53,54,55,56). The molecule has 4 heterocycles. The minimum atomic E-state index is -4.73. The smallest absolute Gasteiger partial charge is 0.422 e. The molecule has 3 aliphatic rings. The van der Waals surface area contributed by atoms with Crippen molar-refractivity contribution in [1.29, 1.82) is 0 Å². The van der Waals surface area contributed by atoms with Crippen molar-refractivity contribution >= 4 is 41.1 Å². The maximum absolute atomic E-state index is 13.6. The van der Waals surface area contributed by atoms with Gasteiger partial charge in [-0.2, -0.15) is 41.3 Å². The Morgan fingerprint density at radius 1 is 0.846 bits per heavy atom. The number of fused-ring (bicyclic) bond motifs is 6. The lowest BCUT2D eigenvalue weighted by atomic mass is 9.77. The summed E-state index contributed by atoms with van der Waals surface area (Å²) in [5, 5.41) is 29.2. The molecule has 22 heteroatoms. The third-order valence-corrected chi connectivity index (χ3v) is 10.9. The van der Waals surface area contributed by atoms with Gasteiger partial charge in [0.1, 0.15) is 34.5 Å². The number of halogens is 7. The number of benzene rings is 4. The van der Waals surface area contributed by atoms with Crippen LogP contribution < -0.4 is 30.2 Å². The minimum Gasteiger partial charge on any atom is -0.508 e. The number of alkyl halides is 6. The number of amides is 1. The minimum absolute atomic E-state index is 0.0671. The summed E-state index contributed by atoms with van der Waals surface area (Å²) in [6.07, 6.45) is -6.39. The van der Waals surface area contributed by atoms with Crippen molar-refractivity contribution in [2.24, 2.45) is 0 Å². The Balaban J connectivity index is 0.895. The quantitative estimate of drug-likeness (QED) is 0.0407. The highest BCUT2D eigenvalue weighted by molar-refractivity contribution is 6.28. The average molecular weight is 930 g/mol. The second-order valence-electron chi connectivity index (χ2n) is 15.3. The molecule has 1 aromatic heterocycles. The summed E-state index contributed by atoms with van der Waals surface area (Å²) in [5.41, 5.74) is 0.239. The first-order chi connectivity index (χ1) is 30.9. The highest BCUT2D eigenvalue weighted by Crippen LogP contribution is 2.57. The lowest BCUT2D eigenvalue weighted by molar-refractivity contribution is -0.154. The summed E-state index contributed by atoms with van der Waals surface area (Å²) < 4.78 is 98.7. The molecule has 342 valence electrons. The number of phenols is 2. The molecular formula is C43H38ClF6N7O8. The van der Waals surface area contributed by atoms with E-state index in [1.165, 1.54) is 24.3 Å². The van der Waals surface area contributed by atoms with Crippen LogP contribution in [0.1, 0.15) is 63.1 Å². The molecule has 1 spiro atoms. The normalized spacial score (nSPS) is 16.4. The Morgan fingerprint density at radius 2 is 1.52 bits per heavy atom. The van der Waals surface area contributed by atoms with Gasteiger partial charge in [0.15, 0.2) is 18.8 Å². The molecule has 0 aliphatic carbocycles. The van der Waals surface area contributed by atoms with Crippen LogP contribution in [0.4, 0.5) is 43.9 Å². The number of rotatable bonds is 14. The third kappa shape index (κ3) is 10.1. The number of nitrogens with one attached hydrogen (secondary N) is 3. The number of esters is 1. The van der Waals surface area contributed by atoms with Gasteiger partial charge in [0.2, 0.25) is 17.2 Å². The van der Waals surface area contributed by atoms with E-state index in [1.54, 1.807) is 30.3 Å². The Bertz CT molecular complexity index is 2570. The van der Waals surface area contributed by atoms with E-state index >= 15 is 0 Å². The first kappa shape index (κ1) is 44.9. The molecule has 0 bridgehead atoms. The van der Waals surface area contributed by atoms with Gasteiger partial charge in [-0.15, -0.1) is 0 Å². The van der Waals surface area contributed by atoms with Crippen LogP contribution in [0, 0.1) is 0 Å². The molecule has 1 amide bonds. The van der Waals surface area contributed by atoms with Crippen molar-refractivity contribution in [1.82, 2.24) is 25.2 Å². The van der Waals surface area contributed by atoms with Gasteiger partial charge in [0.05, 0.1) is 11.1 Å². The fourth-order valence-electron chi connectivity index (χ4n) is 8.00. The molecule has 65 heavy (non-hydrogen) atoms. The van der Waals surface area contributed by atoms with Crippen molar-refractivity contribution in [3.63, 3.8) is 0 Å². The van der Waals surface area contributed by atoms with E-state index in [-0.39, 0.29) is 64.1 Å². The number of aromatic hydroxyl groups is 2. The fraction of sp³-hybridized carbons (Fsp3) is 0.326. The topological polar surface area (TPSA) is 190 Å². The summed E-state index contributed by atoms with van der Waals surface area (Å²) in [7, 11) is 0. The van der Waals surface area contributed by atoms with Crippen molar-refractivity contribution in [2.45, 2.75) is 49.7 Å². The lowest BCUT2D eigenvalue weighted by Gasteiger charge is -2.36. The van der Waals surface area contributed by atoms with Crippen LogP contribution in [-0.2, 0) is 10.3 Å². The van der Waals surface area contributed by atoms with Crippen molar-refractivity contribution in [3.05, 3.63) is 106 Å². The van der Waals surface area contributed by atoms with E-state index in [4.69, 9.17) is 30.5 Å². The number of carbonyl (C=O) groups is 2. The highest BCUT2D eigenvalue weighted by Gasteiger charge is 2.53. The van der Waals surface area contributed by atoms with Crippen molar-refractivity contribution in [3.8, 4) is 34.5 Å². The fourth-order valence-corrected chi connectivity index (χ4v) is 8.16. The molecule has 4 aromatic carbocycles. The van der Waals surface area contributed by atoms with E-state index in [9.17, 15) is 46.1 Å². The van der Waals surface area contributed by atoms with Crippen LogP contribution in [0.3, 0.4) is 0 Å². The lowest BCUT2D eigenvalue weighted by Crippen LogP contribution is -2.47. The number of hydrogen-bond donors (Lipinski definition) is 5. The summed E-state index contributed by atoms with van der Waals surface area (Å²) in [6.45, 7) is -1.63. The molecule has 1 unspecified atom stereocenters. The molecule has 15 nitrogen and oxygen atoms in total. The Kier molecular flexibility index (Phi) is 12.4. The molecule has 1 atom stereocenters. The summed E-state index contributed by atoms with van der Waals surface area (Å²) in [5.74, 6) is -1.75. The zero-order valence-corrected chi connectivity index (χ0v) is 34.6. The maximum atomic E-state index is 13.6. The molecule has 0 saturated carbocycles. The molecule has 0 radical (unpaired) electrons. The first-order valence-electron chi connectivity index (χ1n) is 20.1. The summed E-state index contributed by atoms with van der Waals surface area (Å²) in [4.78, 5) is 41.8. The van der Waals surface area contributed by atoms with Crippen LogP contribution >= 0.6 is 11.6 Å². The number of nitrogens with zero attached hydrogens (tertiary/aromatic N) is 4. The number of ether oxygens (including phenoxy) is 4. The van der Waals surface area contributed by atoms with Crippen molar-refractivity contribution in [2.75, 3.05) is 50.0 Å². The van der Waals surface area contributed by atoms with E-state index in [2.05, 4.69) is 35.8 Å². The second kappa shape index (κ2) is 18.0. The number of aromatic nitrogens is 3. The Hall–Kier alpha value is -6.74. The van der Waals surface area contributed by atoms with Gasteiger partial charge in [-0.05, 0) is 92.0 Å². The molecule has 1 fully saturated rings. The molecular weight excluding hydrogens is 892 g/mol. The van der Waals surface area contributed by atoms with Crippen LogP contribution in [0.25, 0.3) is 0 Å². The Labute approximate surface area is 370 Å². The molecule has 5 aromatic rings. The van der Waals surface area contributed by atoms with Gasteiger partial charge in [0.25, 0.3) is 5.91 Å². The highest BCUT2D eigenvalue weighted by atomic mass is 35.5. The number of hydrogen-bond acceptors (Lipinski definition) is 14. The van der Waals surface area contributed by atoms with E-state index in [1.807, 2.05) is 0 Å². The zero-order valence-electron chi connectivity index (χ0n) is 33.9.